The molecule has 20 heavy (non-hydrogen) atoms. The lowest BCUT2D eigenvalue weighted by Crippen LogP contribution is -2.05. The van der Waals surface area contributed by atoms with Gasteiger partial charge in [-0.05, 0) is 0 Å². The molecule has 3 aromatic heterocycles. The molecule has 0 unspecified atom stereocenters. The van der Waals surface area contributed by atoms with E-state index in [9.17, 15) is 4.79 Å². The minimum atomic E-state index is -0.334. The zero-order valence-corrected chi connectivity index (χ0v) is 11.3. The molecule has 0 aliphatic rings. The molecular formula is C11H10N6O2S. The lowest BCUT2D eigenvalue weighted by Gasteiger charge is -1.98. The molecule has 0 aromatic carbocycles. The predicted octanol–water partition coefficient (Wildman–Crippen LogP) is 0.570. The van der Waals surface area contributed by atoms with Crippen LogP contribution in [0.5, 0.6) is 0 Å². The molecule has 0 atom stereocenters. The highest BCUT2D eigenvalue weighted by Gasteiger charge is 2.13. The van der Waals surface area contributed by atoms with Gasteiger partial charge in [-0.1, -0.05) is 0 Å². The minimum absolute atomic E-state index is 0.128. The molecule has 3 rings (SSSR count). The van der Waals surface area contributed by atoms with Crippen LogP contribution < -0.4 is 5.73 Å². The fourth-order valence-corrected chi connectivity index (χ4v) is 2.48. The minimum Gasteiger partial charge on any atom is -0.469 e. The molecule has 2 N–H and O–H groups in total. The van der Waals surface area contributed by atoms with Gasteiger partial charge in [-0.15, -0.1) is 11.3 Å². The Balaban J connectivity index is 1.99. The summed E-state index contributed by atoms with van der Waals surface area (Å²) in [6, 6.07) is 0. The van der Waals surface area contributed by atoms with Crippen LogP contribution in [0.25, 0.3) is 16.2 Å². The molecule has 0 fully saturated rings. The lowest BCUT2D eigenvalue weighted by atomic mass is 10.3. The second-order valence-electron chi connectivity index (χ2n) is 3.93. The molecule has 0 radical (unpaired) electrons. The zero-order chi connectivity index (χ0) is 14.1. The average Bonchev–Trinajstić information content (AvgIpc) is 3.05. The van der Waals surface area contributed by atoms with E-state index in [4.69, 9.17) is 5.73 Å². The van der Waals surface area contributed by atoms with E-state index in [0.29, 0.717) is 27.7 Å². The molecule has 3 aromatic rings. The van der Waals surface area contributed by atoms with Crippen LogP contribution in [0.1, 0.15) is 5.69 Å². The van der Waals surface area contributed by atoms with E-state index in [1.807, 2.05) is 0 Å². The van der Waals surface area contributed by atoms with Crippen molar-refractivity contribution in [3.8, 4) is 5.13 Å². The fourth-order valence-electron chi connectivity index (χ4n) is 1.70. The first-order chi connectivity index (χ1) is 9.69. The van der Waals surface area contributed by atoms with Crippen LogP contribution in [0.15, 0.2) is 17.9 Å². The summed E-state index contributed by atoms with van der Waals surface area (Å²) in [7, 11) is 1.34. The Labute approximate surface area is 117 Å². The summed E-state index contributed by atoms with van der Waals surface area (Å²) >= 11 is 1.36. The van der Waals surface area contributed by atoms with Crippen LogP contribution in [0, 0.1) is 0 Å². The predicted molar refractivity (Wildman–Crippen MR) is 72.5 cm³/mol. The van der Waals surface area contributed by atoms with Crippen molar-refractivity contribution in [2.45, 2.75) is 6.42 Å². The first-order valence-corrected chi connectivity index (χ1v) is 6.53. The number of carbonyl (C=O) groups excluding carboxylic acids is 1. The van der Waals surface area contributed by atoms with Crippen LogP contribution in [0.3, 0.4) is 0 Å². The van der Waals surface area contributed by atoms with E-state index in [1.165, 1.54) is 24.8 Å². The number of fused-ring (bicyclic) bond motifs is 1. The fraction of sp³-hybridized carbons (Fsp3) is 0.182. The Morgan fingerprint density at radius 1 is 1.50 bits per heavy atom. The number of hydrogen-bond donors (Lipinski definition) is 1. The standard InChI is InChI=1S/C11H10N6O2S/c1-19-8(18)2-6-4-20-11(16-6)17-10-7(3-15-17)9(12)13-5-14-10/h3-5H,2H2,1H3,(H2,12,13,14). The van der Waals surface area contributed by atoms with E-state index in [-0.39, 0.29) is 12.4 Å². The van der Waals surface area contributed by atoms with E-state index in [2.05, 4.69) is 24.8 Å². The van der Waals surface area contributed by atoms with Crippen molar-refractivity contribution in [1.82, 2.24) is 24.7 Å². The maximum atomic E-state index is 11.2. The molecule has 0 amide bonds. The number of ether oxygens (including phenoxy) is 1. The number of carbonyl (C=O) groups is 1. The second-order valence-corrected chi connectivity index (χ2v) is 4.76. The highest BCUT2D eigenvalue weighted by molar-refractivity contribution is 7.12. The third-order valence-electron chi connectivity index (χ3n) is 2.67. The van der Waals surface area contributed by atoms with E-state index in [1.54, 1.807) is 16.3 Å². The third-order valence-corrected chi connectivity index (χ3v) is 3.54. The SMILES string of the molecule is COC(=O)Cc1csc(-n2ncc3c(N)ncnc32)n1. The Morgan fingerprint density at radius 2 is 2.35 bits per heavy atom. The van der Waals surface area contributed by atoms with Crippen LogP contribution >= 0.6 is 11.3 Å². The largest absolute Gasteiger partial charge is 0.469 e. The van der Waals surface area contributed by atoms with Crippen molar-refractivity contribution >= 4 is 34.2 Å². The van der Waals surface area contributed by atoms with Crippen molar-refractivity contribution in [1.29, 1.82) is 0 Å². The van der Waals surface area contributed by atoms with Gasteiger partial charge >= 0.3 is 5.97 Å². The van der Waals surface area contributed by atoms with Gasteiger partial charge in [-0.25, -0.2) is 15.0 Å². The Bertz CT molecular complexity index is 780. The van der Waals surface area contributed by atoms with E-state index >= 15 is 0 Å². The third kappa shape index (κ3) is 2.07. The number of anilines is 1. The van der Waals surface area contributed by atoms with Gasteiger partial charge in [0.15, 0.2) is 5.65 Å². The summed E-state index contributed by atoms with van der Waals surface area (Å²) in [4.78, 5) is 23.6. The van der Waals surface area contributed by atoms with Crippen molar-refractivity contribution < 1.29 is 9.53 Å². The van der Waals surface area contributed by atoms with Crippen LogP contribution in [0.4, 0.5) is 5.82 Å². The van der Waals surface area contributed by atoms with Gasteiger partial charge in [0.25, 0.3) is 0 Å². The highest BCUT2D eigenvalue weighted by Crippen LogP contribution is 2.21. The Kier molecular flexibility index (Phi) is 3.03. The van der Waals surface area contributed by atoms with E-state index in [0.717, 1.165) is 0 Å². The first-order valence-electron chi connectivity index (χ1n) is 5.65. The summed E-state index contributed by atoms with van der Waals surface area (Å²) in [6.45, 7) is 0. The number of nitrogens with two attached hydrogens (primary N) is 1. The van der Waals surface area contributed by atoms with Gasteiger partial charge in [0, 0.05) is 5.38 Å². The molecule has 0 aliphatic heterocycles. The van der Waals surface area contributed by atoms with Crippen molar-refractivity contribution in [2.75, 3.05) is 12.8 Å². The van der Waals surface area contributed by atoms with Crippen LogP contribution in [0.2, 0.25) is 0 Å². The van der Waals surface area contributed by atoms with Gasteiger partial charge < -0.3 is 10.5 Å². The molecular weight excluding hydrogens is 280 g/mol. The van der Waals surface area contributed by atoms with Crippen LogP contribution in [-0.4, -0.2) is 37.8 Å². The molecule has 0 saturated carbocycles. The van der Waals surface area contributed by atoms with Crippen molar-refractivity contribution in [2.24, 2.45) is 0 Å². The molecule has 0 saturated heterocycles. The van der Waals surface area contributed by atoms with Gasteiger partial charge in [0.2, 0.25) is 5.13 Å². The van der Waals surface area contributed by atoms with Crippen molar-refractivity contribution in [3.63, 3.8) is 0 Å². The second kappa shape index (κ2) is 4.85. The molecule has 0 spiro atoms. The first kappa shape index (κ1) is 12.5. The highest BCUT2D eigenvalue weighted by atomic mass is 32.1. The molecule has 102 valence electrons. The molecule has 8 nitrogen and oxygen atoms in total. The van der Waals surface area contributed by atoms with E-state index < -0.39 is 0 Å². The molecule has 3 heterocycles. The molecule has 0 bridgehead atoms. The van der Waals surface area contributed by atoms with Crippen LogP contribution in [-0.2, 0) is 16.0 Å². The number of rotatable bonds is 3. The smallest absolute Gasteiger partial charge is 0.311 e. The summed E-state index contributed by atoms with van der Waals surface area (Å²) in [5, 5.41) is 7.26. The average molecular weight is 290 g/mol. The summed E-state index contributed by atoms with van der Waals surface area (Å²) in [6.07, 6.45) is 3.09. The monoisotopic (exact) mass is 290 g/mol. The van der Waals surface area contributed by atoms with Gasteiger partial charge in [0.05, 0.1) is 30.8 Å². The topological polar surface area (TPSA) is 109 Å². The summed E-state index contributed by atoms with van der Waals surface area (Å²) in [5.74, 6) is 0.0336. The maximum absolute atomic E-state index is 11.2. The number of thiazole rings is 1. The summed E-state index contributed by atoms with van der Waals surface area (Å²) in [5.41, 5.74) is 6.96. The zero-order valence-electron chi connectivity index (χ0n) is 10.5. The molecule has 0 aliphatic carbocycles. The van der Waals surface area contributed by atoms with Gasteiger partial charge in [-0.2, -0.15) is 9.78 Å². The van der Waals surface area contributed by atoms with Crippen molar-refractivity contribution in [3.05, 3.63) is 23.6 Å². The number of esters is 1. The Morgan fingerprint density at radius 3 is 3.15 bits per heavy atom. The number of methoxy groups -OCH3 is 1. The Hall–Kier alpha value is -2.55. The maximum Gasteiger partial charge on any atom is 0.311 e. The van der Waals surface area contributed by atoms with Gasteiger partial charge in [-0.3, -0.25) is 4.79 Å². The normalized spacial score (nSPS) is 10.8. The number of aromatic nitrogens is 5. The quantitative estimate of drug-likeness (QED) is 0.702. The number of nitrogens with zero attached hydrogens (tertiary/aromatic N) is 5. The number of nitrogen functional groups attached to an aromatic ring is 1. The lowest BCUT2D eigenvalue weighted by molar-refractivity contribution is -0.139. The summed E-state index contributed by atoms with van der Waals surface area (Å²) < 4.78 is 6.17. The molecule has 9 heteroatoms. The number of hydrogen-bond acceptors (Lipinski definition) is 8. The van der Waals surface area contributed by atoms with Gasteiger partial charge in [0.1, 0.15) is 12.1 Å².